The molecule has 0 spiro atoms. The number of halogens is 3. The molecule has 0 aromatic carbocycles. The first-order valence-corrected chi connectivity index (χ1v) is 5.05. The first-order valence-electron chi connectivity index (χ1n) is 3.92. The highest BCUT2D eigenvalue weighted by molar-refractivity contribution is 6.64. The molecule has 0 aromatic rings. The molecule has 0 unspecified atom stereocenters. The maximum atomic E-state index is 11.6. The van der Waals surface area contributed by atoms with Gasteiger partial charge >= 0.3 is 0 Å². The van der Waals surface area contributed by atoms with E-state index >= 15 is 0 Å². The Morgan fingerprint density at radius 1 is 0.857 bits per heavy atom. The number of hydrogen-bond acceptors (Lipinski definition) is 2. The van der Waals surface area contributed by atoms with Gasteiger partial charge in [0.25, 0.3) is 0 Å². The Bertz CT molecular complexity index is 378. The minimum Gasteiger partial charge on any atom is -0.288 e. The van der Waals surface area contributed by atoms with Crippen molar-refractivity contribution in [2.24, 2.45) is 5.92 Å². The van der Waals surface area contributed by atoms with Gasteiger partial charge in [-0.3, -0.25) is 9.59 Å². The zero-order valence-corrected chi connectivity index (χ0v) is 9.80. The number of Topliss-reactive ketones (excluding diaryl/α,β-unsaturated/α-hetero) is 2. The third-order valence-corrected chi connectivity index (χ3v) is 3.04. The standard InChI is InChI=1S/C9H7Cl3O2/c1-3(2)4-5(10)9(14)7(12)6(11)8(4)13/h3H,1-2H3. The maximum Gasteiger partial charge on any atom is 0.217 e. The fraction of sp³-hybridized carbons (Fsp3) is 0.333. The Morgan fingerprint density at radius 3 is 1.71 bits per heavy atom. The van der Waals surface area contributed by atoms with E-state index in [9.17, 15) is 9.59 Å². The van der Waals surface area contributed by atoms with Crippen LogP contribution in [-0.4, -0.2) is 11.6 Å². The zero-order valence-electron chi connectivity index (χ0n) is 7.53. The van der Waals surface area contributed by atoms with E-state index in [2.05, 4.69) is 0 Å². The highest BCUT2D eigenvalue weighted by Crippen LogP contribution is 2.34. The van der Waals surface area contributed by atoms with Gasteiger partial charge in [0.15, 0.2) is 0 Å². The van der Waals surface area contributed by atoms with Crippen LogP contribution in [0.4, 0.5) is 0 Å². The van der Waals surface area contributed by atoms with Crippen LogP contribution in [-0.2, 0) is 9.59 Å². The molecular weight excluding hydrogens is 246 g/mol. The lowest BCUT2D eigenvalue weighted by molar-refractivity contribution is -0.115. The van der Waals surface area contributed by atoms with Crippen LogP contribution in [0.5, 0.6) is 0 Å². The van der Waals surface area contributed by atoms with E-state index in [0.717, 1.165) is 0 Å². The summed E-state index contributed by atoms with van der Waals surface area (Å²) in [7, 11) is 0. The second-order valence-corrected chi connectivity index (χ2v) is 4.30. The number of hydrogen-bond donors (Lipinski definition) is 0. The Morgan fingerprint density at radius 2 is 1.29 bits per heavy atom. The minimum absolute atomic E-state index is 0.126. The van der Waals surface area contributed by atoms with Crippen LogP contribution >= 0.6 is 34.8 Å². The Kier molecular flexibility index (Phi) is 3.40. The molecule has 0 saturated carbocycles. The van der Waals surface area contributed by atoms with E-state index in [4.69, 9.17) is 34.8 Å². The Labute approximate surface area is 96.5 Å². The summed E-state index contributed by atoms with van der Waals surface area (Å²) in [5.74, 6) is -1.20. The van der Waals surface area contributed by atoms with Crippen molar-refractivity contribution in [1.29, 1.82) is 0 Å². The summed E-state index contributed by atoms with van der Waals surface area (Å²) in [6, 6.07) is 0. The first-order chi connectivity index (χ1) is 6.37. The van der Waals surface area contributed by atoms with Gasteiger partial charge in [-0.05, 0) is 5.92 Å². The molecule has 1 aliphatic carbocycles. The summed E-state index contributed by atoms with van der Waals surface area (Å²) in [6.07, 6.45) is 0. The second-order valence-electron chi connectivity index (χ2n) is 3.17. The van der Waals surface area contributed by atoms with Crippen molar-refractivity contribution in [2.45, 2.75) is 13.8 Å². The van der Waals surface area contributed by atoms with Crippen molar-refractivity contribution in [3.05, 3.63) is 20.7 Å². The number of rotatable bonds is 1. The molecule has 0 saturated heterocycles. The number of carbonyl (C=O) groups excluding carboxylic acids is 2. The van der Waals surface area contributed by atoms with Crippen molar-refractivity contribution in [3.63, 3.8) is 0 Å². The molecule has 1 rings (SSSR count). The molecule has 0 amide bonds. The smallest absolute Gasteiger partial charge is 0.217 e. The predicted octanol–water partition coefficient (Wildman–Crippen LogP) is 2.98. The molecule has 0 radical (unpaired) electrons. The van der Waals surface area contributed by atoms with Gasteiger partial charge < -0.3 is 0 Å². The Hall–Kier alpha value is -0.310. The molecule has 76 valence electrons. The van der Waals surface area contributed by atoms with Gasteiger partial charge in [0, 0.05) is 5.57 Å². The highest BCUT2D eigenvalue weighted by atomic mass is 35.5. The van der Waals surface area contributed by atoms with Crippen LogP contribution in [0, 0.1) is 5.92 Å². The molecule has 0 atom stereocenters. The van der Waals surface area contributed by atoms with Crippen molar-refractivity contribution >= 4 is 46.4 Å². The van der Waals surface area contributed by atoms with E-state index in [0.29, 0.717) is 0 Å². The quantitative estimate of drug-likeness (QED) is 0.673. The lowest BCUT2D eigenvalue weighted by atomic mass is 9.93. The second kappa shape index (κ2) is 4.05. The molecular formula is C9H7Cl3O2. The number of allylic oxidation sites excluding steroid dienone is 4. The number of carbonyl (C=O) groups is 2. The van der Waals surface area contributed by atoms with Crippen LogP contribution in [0.15, 0.2) is 20.7 Å². The molecule has 0 heterocycles. The summed E-state index contributed by atoms with van der Waals surface area (Å²) in [5, 5.41) is -0.671. The third kappa shape index (κ3) is 1.74. The Balaban J connectivity index is 3.34. The zero-order chi connectivity index (χ0) is 11.0. The van der Waals surface area contributed by atoms with Crippen molar-refractivity contribution < 1.29 is 9.59 Å². The fourth-order valence-corrected chi connectivity index (χ4v) is 1.97. The fourth-order valence-electron chi connectivity index (χ4n) is 1.15. The average molecular weight is 254 g/mol. The highest BCUT2D eigenvalue weighted by Gasteiger charge is 2.33. The topological polar surface area (TPSA) is 34.1 Å². The molecule has 5 heteroatoms. The van der Waals surface area contributed by atoms with Gasteiger partial charge in [-0.25, -0.2) is 0 Å². The van der Waals surface area contributed by atoms with Crippen molar-refractivity contribution in [2.75, 3.05) is 0 Å². The van der Waals surface area contributed by atoms with E-state index in [1.54, 1.807) is 13.8 Å². The molecule has 0 aromatic heterocycles. The summed E-state index contributed by atoms with van der Waals surface area (Å²) in [4.78, 5) is 22.9. The third-order valence-electron chi connectivity index (χ3n) is 1.85. The van der Waals surface area contributed by atoms with Crippen LogP contribution in [0.2, 0.25) is 0 Å². The predicted molar refractivity (Wildman–Crippen MR) is 56.5 cm³/mol. The number of ketones is 2. The summed E-state index contributed by atoms with van der Waals surface area (Å²) < 4.78 is 0. The molecule has 2 nitrogen and oxygen atoms in total. The van der Waals surface area contributed by atoms with Crippen LogP contribution in [0.1, 0.15) is 13.8 Å². The van der Waals surface area contributed by atoms with Crippen LogP contribution < -0.4 is 0 Å². The van der Waals surface area contributed by atoms with E-state index < -0.39 is 11.6 Å². The van der Waals surface area contributed by atoms with Crippen LogP contribution in [0.25, 0.3) is 0 Å². The molecule has 14 heavy (non-hydrogen) atoms. The average Bonchev–Trinajstić information content (AvgIpc) is 2.11. The van der Waals surface area contributed by atoms with Gasteiger partial charge in [-0.2, -0.15) is 0 Å². The lowest BCUT2D eigenvalue weighted by Gasteiger charge is -2.16. The van der Waals surface area contributed by atoms with E-state index in [1.165, 1.54) is 0 Å². The minimum atomic E-state index is -0.582. The summed E-state index contributed by atoms with van der Waals surface area (Å²) >= 11 is 16.9. The van der Waals surface area contributed by atoms with Crippen molar-refractivity contribution in [1.82, 2.24) is 0 Å². The van der Waals surface area contributed by atoms with E-state index in [-0.39, 0.29) is 26.6 Å². The largest absolute Gasteiger partial charge is 0.288 e. The van der Waals surface area contributed by atoms with Gasteiger partial charge in [-0.15, -0.1) is 0 Å². The van der Waals surface area contributed by atoms with E-state index in [1.807, 2.05) is 0 Å². The maximum absolute atomic E-state index is 11.6. The molecule has 0 aliphatic heterocycles. The molecule has 0 bridgehead atoms. The van der Waals surface area contributed by atoms with Gasteiger partial charge in [0.2, 0.25) is 11.6 Å². The lowest BCUT2D eigenvalue weighted by Crippen LogP contribution is -2.20. The molecule has 1 aliphatic rings. The van der Waals surface area contributed by atoms with Crippen LogP contribution in [0.3, 0.4) is 0 Å². The normalized spacial score (nSPS) is 18.7. The summed E-state index contributed by atoms with van der Waals surface area (Å²) in [5.41, 5.74) is 0.228. The van der Waals surface area contributed by atoms with Gasteiger partial charge in [0.1, 0.15) is 10.1 Å². The van der Waals surface area contributed by atoms with Gasteiger partial charge in [0.05, 0.1) is 5.03 Å². The summed E-state index contributed by atoms with van der Waals surface area (Å²) in [6.45, 7) is 3.51. The first kappa shape index (κ1) is 11.8. The molecule has 0 N–H and O–H groups in total. The van der Waals surface area contributed by atoms with Gasteiger partial charge in [-0.1, -0.05) is 48.7 Å². The monoisotopic (exact) mass is 252 g/mol. The molecule has 0 fully saturated rings. The van der Waals surface area contributed by atoms with Crippen molar-refractivity contribution in [3.8, 4) is 0 Å². The SMILES string of the molecule is CC(C)C1=C(Cl)C(=O)C(Cl)=C(Cl)C1=O.